The van der Waals surface area contributed by atoms with Gasteiger partial charge in [0, 0.05) is 26.3 Å². The van der Waals surface area contributed by atoms with E-state index in [0.717, 1.165) is 60.7 Å². The highest BCUT2D eigenvalue weighted by Crippen LogP contribution is 2.33. The molecular weight excluding hydrogens is 503 g/mol. The van der Waals surface area contributed by atoms with Crippen LogP contribution in [-0.4, -0.2) is 9.38 Å². The number of H-pyrrole nitrogens is 1. The second kappa shape index (κ2) is 7.74. The standard InChI is InChI=1S/C27H18BrF3N3/c28-20-11-7-18(8-12-20)25-26-24-22(21-3-1-2-4-23(21)32-24)13-14-33(26)16-34(25)15-17-5-9-19(10-6-17)27(29,30)31/h1-14,16,32H,15H2/q+1. The summed E-state index contributed by atoms with van der Waals surface area (Å²) < 4.78 is 44.2. The molecule has 7 heteroatoms. The number of alkyl halides is 3. The molecule has 3 aromatic heterocycles. The molecule has 0 saturated heterocycles. The summed E-state index contributed by atoms with van der Waals surface area (Å²) >= 11 is 3.51. The van der Waals surface area contributed by atoms with Gasteiger partial charge in [0.25, 0.3) is 0 Å². The molecule has 0 radical (unpaired) electrons. The number of imidazole rings is 1. The Hall–Kier alpha value is -3.58. The van der Waals surface area contributed by atoms with Gasteiger partial charge in [-0.2, -0.15) is 17.6 Å². The molecule has 0 aliphatic rings. The Morgan fingerprint density at radius 2 is 1.59 bits per heavy atom. The summed E-state index contributed by atoms with van der Waals surface area (Å²) in [5.74, 6) is 0. The predicted molar refractivity (Wildman–Crippen MR) is 131 cm³/mol. The third-order valence-corrected chi connectivity index (χ3v) is 6.70. The maximum atomic E-state index is 13.0. The average Bonchev–Trinajstić information content (AvgIpc) is 3.37. The number of hydrogen-bond acceptors (Lipinski definition) is 0. The fraction of sp³-hybridized carbons (Fsp3) is 0.0741. The van der Waals surface area contributed by atoms with Crippen LogP contribution < -0.4 is 4.57 Å². The first-order valence-electron chi connectivity index (χ1n) is 10.7. The van der Waals surface area contributed by atoms with E-state index in [1.165, 1.54) is 0 Å². The molecule has 0 spiro atoms. The summed E-state index contributed by atoms with van der Waals surface area (Å²) in [6, 6.07) is 23.7. The van der Waals surface area contributed by atoms with Crippen molar-refractivity contribution in [2.45, 2.75) is 12.7 Å². The minimum Gasteiger partial charge on any atom is -0.351 e. The number of benzene rings is 3. The van der Waals surface area contributed by atoms with Gasteiger partial charge in [-0.25, -0.2) is 4.57 Å². The van der Waals surface area contributed by atoms with Crippen LogP contribution in [0.1, 0.15) is 11.1 Å². The van der Waals surface area contributed by atoms with Gasteiger partial charge in [-0.15, -0.1) is 0 Å². The molecule has 0 amide bonds. The highest BCUT2D eigenvalue weighted by atomic mass is 79.9. The van der Waals surface area contributed by atoms with Gasteiger partial charge in [-0.1, -0.05) is 46.3 Å². The summed E-state index contributed by atoms with van der Waals surface area (Å²) in [5.41, 5.74) is 5.25. The number of aromatic amines is 1. The van der Waals surface area contributed by atoms with Gasteiger partial charge >= 0.3 is 6.18 Å². The molecular formula is C27H18BrF3N3+. The van der Waals surface area contributed by atoms with E-state index in [0.29, 0.717) is 6.54 Å². The second-order valence-corrected chi connectivity index (χ2v) is 9.24. The van der Waals surface area contributed by atoms with Crippen LogP contribution in [0.4, 0.5) is 13.2 Å². The van der Waals surface area contributed by atoms with Gasteiger partial charge in [0.2, 0.25) is 11.8 Å². The minimum absolute atomic E-state index is 0.437. The van der Waals surface area contributed by atoms with Crippen molar-refractivity contribution in [1.29, 1.82) is 0 Å². The lowest BCUT2D eigenvalue weighted by Gasteiger charge is -2.08. The van der Waals surface area contributed by atoms with E-state index < -0.39 is 11.7 Å². The Morgan fingerprint density at radius 3 is 2.32 bits per heavy atom. The molecule has 6 rings (SSSR count). The fourth-order valence-electron chi connectivity index (χ4n) is 4.59. The number of rotatable bonds is 3. The van der Waals surface area contributed by atoms with E-state index in [1.807, 2.05) is 48.9 Å². The van der Waals surface area contributed by atoms with Gasteiger partial charge in [0.1, 0.15) is 6.54 Å². The summed E-state index contributed by atoms with van der Waals surface area (Å²) in [7, 11) is 0. The Bertz CT molecular complexity index is 1660. The maximum Gasteiger partial charge on any atom is 0.416 e. The largest absolute Gasteiger partial charge is 0.416 e. The maximum absolute atomic E-state index is 13.0. The van der Waals surface area contributed by atoms with Gasteiger partial charge in [-0.3, -0.25) is 0 Å². The lowest BCUT2D eigenvalue weighted by molar-refractivity contribution is -0.676. The van der Waals surface area contributed by atoms with Crippen LogP contribution >= 0.6 is 15.9 Å². The molecule has 168 valence electrons. The number of para-hydroxylation sites is 1. The number of halogens is 4. The van der Waals surface area contributed by atoms with E-state index >= 15 is 0 Å². The van der Waals surface area contributed by atoms with Crippen molar-refractivity contribution >= 4 is 43.3 Å². The zero-order valence-electron chi connectivity index (χ0n) is 17.8. The van der Waals surface area contributed by atoms with Crippen LogP contribution in [0, 0.1) is 0 Å². The van der Waals surface area contributed by atoms with Crippen LogP contribution in [0.3, 0.4) is 0 Å². The average molecular weight is 521 g/mol. The fourth-order valence-corrected chi connectivity index (χ4v) is 4.85. The van der Waals surface area contributed by atoms with Crippen molar-refractivity contribution in [1.82, 2.24) is 9.38 Å². The van der Waals surface area contributed by atoms with E-state index in [4.69, 9.17) is 0 Å². The van der Waals surface area contributed by atoms with E-state index in [1.54, 1.807) is 12.1 Å². The molecule has 3 heterocycles. The number of fused-ring (bicyclic) bond motifs is 5. The minimum atomic E-state index is -4.35. The Labute approximate surface area is 201 Å². The smallest absolute Gasteiger partial charge is 0.351 e. The highest BCUT2D eigenvalue weighted by molar-refractivity contribution is 9.10. The van der Waals surface area contributed by atoms with Crippen LogP contribution in [0.15, 0.2) is 95.9 Å². The summed E-state index contributed by atoms with van der Waals surface area (Å²) in [6.45, 7) is 0.437. The summed E-state index contributed by atoms with van der Waals surface area (Å²) in [6.07, 6.45) is -0.320. The lowest BCUT2D eigenvalue weighted by atomic mass is 10.1. The zero-order valence-corrected chi connectivity index (χ0v) is 19.4. The molecule has 3 nitrogen and oxygen atoms in total. The SMILES string of the molecule is FC(F)(F)c1ccc(C[n+]2cn3ccc4c5ccccc5[nH]c4c3c2-c2ccc(Br)cc2)cc1. The lowest BCUT2D eigenvalue weighted by Crippen LogP contribution is -2.34. The molecule has 0 unspecified atom stereocenters. The predicted octanol–water partition coefficient (Wildman–Crippen LogP) is 7.36. The van der Waals surface area contributed by atoms with E-state index in [2.05, 4.69) is 48.1 Å². The molecule has 0 atom stereocenters. The van der Waals surface area contributed by atoms with Crippen molar-refractivity contribution in [3.05, 3.63) is 107 Å². The zero-order chi connectivity index (χ0) is 23.4. The molecule has 6 aromatic rings. The van der Waals surface area contributed by atoms with Crippen LogP contribution in [0.5, 0.6) is 0 Å². The van der Waals surface area contributed by atoms with Gasteiger partial charge in [0.05, 0.1) is 17.3 Å². The third kappa shape index (κ3) is 3.47. The molecule has 0 aliphatic carbocycles. The van der Waals surface area contributed by atoms with Crippen molar-refractivity contribution in [3.63, 3.8) is 0 Å². The van der Waals surface area contributed by atoms with Crippen molar-refractivity contribution in [2.24, 2.45) is 0 Å². The van der Waals surface area contributed by atoms with Crippen LogP contribution in [-0.2, 0) is 12.7 Å². The number of aromatic nitrogens is 3. The topological polar surface area (TPSA) is 24.1 Å². The van der Waals surface area contributed by atoms with Crippen molar-refractivity contribution in [3.8, 4) is 11.3 Å². The van der Waals surface area contributed by atoms with Gasteiger partial charge < -0.3 is 4.98 Å². The van der Waals surface area contributed by atoms with Crippen LogP contribution in [0.2, 0.25) is 0 Å². The number of nitrogens with zero attached hydrogens (tertiary/aromatic N) is 2. The Balaban J connectivity index is 1.58. The summed E-state index contributed by atoms with van der Waals surface area (Å²) in [4.78, 5) is 3.58. The Morgan fingerprint density at radius 1 is 0.853 bits per heavy atom. The molecule has 1 N–H and O–H groups in total. The highest BCUT2D eigenvalue weighted by Gasteiger charge is 2.30. The van der Waals surface area contributed by atoms with E-state index in [-0.39, 0.29) is 0 Å². The van der Waals surface area contributed by atoms with Crippen molar-refractivity contribution in [2.75, 3.05) is 0 Å². The molecule has 0 aliphatic heterocycles. The molecule has 0 saturated carbocycles. The van der Waals surface area contributed by atoms with Gasteiger partial charge in [-0.05, 0) is 54.1 Å². The third-order valence-electron chi connectivity index (χ3n) is 6.17. The molecule has 34 heavy (non-hydrogen) atoms. The normalized spacial score (nSPS) is 12.2. The van der Waals surface area contributed by atoms with Crippen LogP contribution in [0.25, 0.3) is 38.6 Å². The van der Waals surface area contributed by atoms with Crippen molar-refractivity contribution < 1.29 is 17.7 Å². The van der Waals surface area contributed by atoms with E-state index in [9.17, 15) is 13.2 Å². The molecule has 0 fully saturated rings. The molecule has 0 bridgehead atoms. The Kier molecular flexibility index (Phi) is 4.78. The first-order valence-corrected chi connectivity index (χ1v) is 11.5. The number of hydrogen-bond donors (Lipinski definition) is 1. The van der Waals surface area contributed by atoms with Gasteiger partial charge in [0.15, 0.2) is 5.69 Å². The quantitative estimate of drug-likeness (QED) is 0.236. The first-order chi connectivity index (χ1) is 16.4. The molecule has 3 aromatic carbocycles. The first kappa shape index (κ1) is 21.0. The number of nitrogens with one attached hydrogen (secondary N) is 1. The monoisotopic (exact) mass is 520 g/mol. The summed E-state index contributed by atoms with van der Waals surface area (Å²) in [5, 5.41) is 2.28. The number of pyridine rings is 1. The second-order valence-electron chi connectivity index (χ2n) is 8.32.